The fourth-order valence-corrected chi connectivity index (χ4v) is 3.35. The predicted molar refractivity (Wildman–Crippen MR) is 114 cm³/mol. The molecule has 0 unspecified atom stereocenters. The highest BCUT2D eigenvalue weighted by atomic mass is 16.6. The summed E-state index contributed by atoms with van der Waals surface area (Å²) in [5.74, 6) is 0.237. The van der Waals surface area contributed by atoms with E-state index in [9.17, 15) is 9.59 Å². The number of cyclic esters (lactones) is 1. The summed E-state index contributed by atoms with van der Waals surface area (Å²) in [7, 11) is 1.55. The van der Waals surface area contributed by atoms with Gasteiger partial charge in [-0.05, 0) is 29.8 Å². The van der Waals surface area contributed by atoms with Crippen LogP contribution in [0.1, 0.15) is 17.2 Å². The average Bonchev–Trinajstić information content (AvgIpc) is 3.20. The molecule has 0 saturated carbocycles. The lowest BCUT2D eigenvalue weighted by atomic mass is 10.0. The SMILES string of the molecule is COc1cccc(C(=[C]C(=O)Oc2ccccc2)N2C(=O)OC[C@H]2c2ccccc2)c1. The van der Waals surface area contributed by atoms with Gasteiger partial charge in [0.25, 0.3) is 0 Å². The summed E-state index contributed by atoms with van der Waals surface area (Å²) in [6.07, 6.45) is 2.17. The van der Waals surface area contributed by atoms with Crippen LogP contribution in [0.25, 0.3) is 5.70 Å². The molecule has 1 atom stereocenters. The number of benzene rings is 3. The van der Waals surface area contributed by atoms with E-state index in [4.69, 9.17) is 14.2 Å². The smallest absolute Gasteiger partial charge is 0.415 e. The zero-order chi connectivity index (χ0) is 21.6. The van der Waals surface area contributed by atoms with Crippen molar-refractivity contribution in [2.24, 2.45) is 0 Å². The lowest BCUT2D eigenvalue weighted by Crippen LogP contribution is -2.27. The van der Waals surface area contributed by atoms with Gasteiger partial charge in [-0.15, -0.1) is 0 Å². The first kappa shape index (κ1) is 20.2. The molecule has 0 aromatic heterocycles. The van der Waals surface area contributed by atoms with Gasteiger partial charge in [-0.2, -0.15) is 0 Å². The Morgan fingerprint density at radius 1 is 0.968 bits per heavy atom. The van der Waals surface area contributed by atoms with Crippen molar-refractivity contribution in [3.63, 3.8) is 0 Å². The maximum Gasteiger partial charge on any atom is 0.415 e. The van der Waals surface area contributed by atoms with Gasteiger partial charge in [-0.1, -0.05) is 60.7 Å². The second-order valence-electron chi connectivity index (χ2n) is 6.78. The van der Waals surface area contributed by atoms with E-state index in [0.29, 0.717) is 17.1 Å². The van der Waals surface area contributed by atoms with Crippen LogP contribution in [-0.4, -0.2) is 30.7 Å². The van der Waals surface area contributed by atoms with E-state index in [1.807, 2.05) is 36.4 Å². The van der Waals surface area contributed by atoms with E-state index in [2.05, 4.69) is 6.08 Å². The number of para-hydroxylation sites is 1. The Balaban J connectivity index is 1.75. The minimum Gasteiger partial charge on any atom is -0.497 e. The molecule has 3 aromatic rings. The number of methoxy groups -OCH3 is 1. The van der Waals surface area contributed by atoms with Crippen LogP contribution in [0.15, 0.2) is 84.9 Å². The van der Waals surface area contributed by atoms with Crippen LogP contribution in [0, 0.1) is 6.08 Å². The van der Waals surface area contributed by atoms with Crippen molar-refractivity contribution in [1.82, 2.24) is 4.90 Å². The van der Waals surface area contributed by atoms with Crippen LogP contribution in [0.5, 0.6) is 11.5 Å². The Bertz CT molecular complexity index is 1100. The van der Waals surface area contributed by atoms with Gasteiger partial charge in [0.2, 0.25) is 0 Å². The van der Waals surface area contributed by atoms with Crippen molar-refractivity contribution >= 4 is 17.8 Å². The highest BCUT2D eigenvalue weighted by Gasteiger charge is 2.37. The number of hydrogen-bond donors (Lipinski definition) is 0. The van der Waals surface area contributed by atoms with Gasteiger partial charge in [0.05, 0.1) is 18.8 Å². The Morgan fingerprint density at radius 3 is 2.35 bits per heavy atom. The molecule has 1 radical (unpaired) electrons. The van der Waals surface area contributed by atoms with Crippen LogP contribution < -0.4 is 9.47 Å². The molecule has 4 rings (SSSR count). The fourth-order valence-electron chi connectivity index (χ4n) is 3.35. The summed E-state index contributed by atoms with van der Waals surface area (Å²) < 4.78 is 16.0. The third-order valence-corrected chi connectivity index (χ3v) is 4.82. The van der Waals surface area contributed by atoms with E-state index < -0.39 is 18.1 Å². The molecule has 31 heavy (non-hydrogen) atoms. The standard InChI is InChI=1S/C25H20NO5/c1-29-21-14-8-11-19(15-21)22(16-24(27)31-20-12-6-3-7-13-20)26-23(17-30-25(26)28)18-9-4-2-5-10-18/h2-15,23H,17H2,1H3/t23-/m0/s1. The highest BCUT2D eigenvalue weighted by Crippen LogP contribution is 2.36. The number of ether oxygens (including phenoxy) is 3. The summed E-state index contributed by atoms with van der Waals surface area (Å²) in [5.41, 5.74) is 1.70. The molecule has 1 heterocycles. The summed E-state index contributed by atoms with van der Waals surface area (Å²) in [4.78, 5) is 26.8. The molecule has 0 spiro atoms. The molecule has 6 heteroatoms. The number of esters is 1. The maximum absolute atomic E-state index is 12.7. The first-order chi connectivity index (χ1) is 15.2. The fraction of sp³-hybridized carbons (Fsp3) is 0.120. The highest BCUT2D eigenvalue weighted by molar-refractivity contribution is 5.93. The average molecular weight is 414 g/mol. The first-order valence-corrected chi connectivity index (χ1v) is 9.72. The lowest BCUT2D eigenvalue weighted by molar-refractivity contribution is -0.129. The molecule has 1 aliphatic rings. The second kappa shape index (κ2) is 9.17. The van der Waals surface area contributed by atoms with Crippen LogP contribution in [-0.2, 0) is 9.53 Å². The van der Waals surface area contributed by atoms with Gasteiger partial charge in [-0.3, -0.25) is 4.90 Å². The van der Waals surface area contributed by atoms with Crippen LogP contribution in [0.4, 0.5) is 4.79 Å². The summed E-state index contributed by atoms with van der Waals surface area (Å²) in [5, 5.41) is 0. The number of carbonyl (C=O) groups is 2. The molecular weight excluding hydrogens is 394 g/mol. The van der Waals surface area contributed by atoms with E-state index in [0.717, 1.165) is 5.56 Å². The minimum atomic E-state index is -0.726. The van der Waals surface area contributed by atoms with Crippen molar-refractivity contribution in [2.75, 3.05) is 13.7 Å². The van der Waals surface area contributed by atoms with Crippen molar-refractivity contribution < 1.29 is 23.8 Å². The zero-order valence-electron chi connectivity index (χ0n) is 16.9. The third kappa shape index (κ3) is 4.59. The van der Waals surface area contributed by atoms with Gasteiger partial charge in [0, 0.05) is 5.56 Å². The Morgan fingerprint density at radius 2 is 1.65 bits per heavy atom. The predicted octanol–water partition coefficient (Wildman–Crippen LogP) is 4.64. The topological polar surface area (TPSA) is 65.1 Å². The van der Waals surface area contributed by atoms with Crippen LogP contribution in [0.2, 0.25) is 0 Å². The van der Waals surface area contributed by atoms with Gasteiger partial charge in [-0.25, -0.2) is 9.59 Å². The number of hydrogen-bond acceptors (Lipinski definition) is 5. The van der Waals surface area contributed by atoms with E-state index in [1.54, 1.807) is 55.6 Å². The van der Waals surface area contributed by atoms with Gasteiger partial charge < -0.3 is 14.2 Å². The van der Waals surface area contributed by atoms with E-state index in [-0.39, 0.29) is 12.3 Å². The third-order valence-electron chi connectivity index (χ3n) is 4.82. The molecule has 0 bridgehead atoms. The van der Waals surface area contributed by atoms with Gasteiger partial charge in [0.15, 0.2) is 0 Å². The zero-order valence-corrected chi connectivity index (χ0v) is 16.9. The summed E-state index contributed by atoms with van der Waals surface area (Å²) in [6, 6.07) is 24.8. The maximum atomic E-state index is 12.7. The summed E-state index contributed by atoms with van der Waals surface area (Å²) >= 11 is 0. The van der Waals surface area contributed by atoms with E-state index >= 15 is 0 Å². The van der Waals surface area contributed by atoms with Crippen molar-refractivity contribution in [3.05, 3.63) is 102 Å². The number of nitrogens with zero attached hydrogens (tertiary/aromatic N) is 1. The van der Waals surface area contributed by atoms with Crippen LogP contribution in [0.3, 0.4) is 0 Å². The molecule has 155 valence electrons. The second-order valence-corrected chi connectivity index (χ2v) is 6.78. The van der Waals surface area contributed by atoms with Gasteiger partial charge in [0.1, 0.15) is 24.2 Å². The molecule has 0 N–H and O–H groups in total. The monoisotopic (exact) mass is 414 g/mol. The van der Waals surface area contributed by atoms with Crippen molar-refractivity contribution in [1.29, 1.82) is 0 Å². The number of amides is 1. The number of rotatable bonds is 6. The van der Waals surface area contributed by atoms with Gasteiger partial charge >= 0.3 is 12.1 Å². The van der Waals surface area contributed by atoms with E-state index in [1.165, 1.54) is 4.90 Å². The lowest BCUT2D eigenvalue weighted by Gasteiger charge is -2.24. The molecule has 0 aliphatic carbocycles. The normalized spacial score (nSPS) is 16.0. The number of carbonyl (C=O) groups excluding carboxylic acids is 2. The molecule has 1 aliphatic heterocycles. The van der Waals surface area contributed by atoms with Crippen molar-refractivity contribution in [3.8, 4) is 11.5 Å². The Labute approximate surface area is 180 Å². The molecule has 1 amide bonds. The molecule has 1 fully saturated rings. The first-order valence-electron chi connectivity index (χ1n) is 9.72. The molecule has 6 nitrogen and oxygen atoms in total. The quantitative estimate of drug-likeness (QED) is 0.334. The minimum absolute atomic E-state index is 0.158. The molecular formula is C25H20NO5. The summed E-state index contributed by atoms with van der Waals surface area (Å²) in [6.45, 7) is 0.158. The Kier molecular flexibility index (Phi) is 5.98. The molecule has 1 saturated heterocycles. The van der Waals surface area contributed by atoms with Crippen LogP contribution >= 0.6 is 0 Å². The molecule has 3 aromatic carbocycles. The Hall–Kier alpha value is -4.06. The van der Waals surface area contributed by atoms with Crippen molar-refractivity contribution in [2.45, 2.75) is 6.04 Å². The largest absolute Gasteiger partial charge is 0.497 e.